The van der Waals surface area contributed by atoms with Crippen molar-refractivity contribution in [1.29, 1.82) is 0 Å². The Bertz CT molecular complexity index is 423. The van der Waals surface area contributed by atoms with Crippen molar-refractivity contribution >= 4 is 23.6 Å². The monoisotopic (exact) mass is 294 g/mol. The Labute approximate surface area is 126 Å². The van der Waals surface area contributed by atoms with Gasteiger partial charge in [0.2, 0.25) is 0 Å². The smallest absolute Gasteiger partial charge is 0.330 e. The quantitative estimate of drug-likeness (QED) is 0.492. The highest BCUT2D eigenvalue weighted by Crippen LogP contribution is 2.13. The zero-order valence-corrected chi connectivity index (χ0v) is 13.0. The molecule has 1 unspecified atom stereocenters. The van der Waals surface area contributed by atoms with Crippen molar-refractivity contribution in [3.05, 3.63) is 40.9 Å². The number of benzene rings is 1. The van der Waals surface area contributed by atoms with Crippen LogP contribution < -0.4 is 0 Å². The molecule has 2 nitrogen and oxygen atoms in total. The number of hydrogen-bond acceptors (Lipinski definition) is 2. The minimum Gasteiger partial charge on any atom is -0.462 e. The van der Waals surface area contributed by atoms with E-state index in [9.17, 15) is 4.79 Å². The summed E-state index contributed by atoms with van der Waals surface area (Å²) in [5, 5.41) is 0.687. The second kappa shape index (κ2) is 9.60. The topological polar surface area (TPSA) is 26.3 Å². The molecule has 0 aliphatic rings. The van der Waals surface area contributed by atoms with Gasteiger partial charge in [-0.25, -0.2) is 4.79 Å². The molecule has 0 N–H and O–H groups in total. The van der Waals surface area contributed by atoms with Gasteiger partial charge in [0.25, 0.3) is 0 Å². The number of ether oxygens (including phenoxy) is 1. The lowest BCUT2D eigenvalue weighted by molar-refractivity contribution is -0.139. The summed E-state index contributed by atoms with van der Waals surface area (Å²) in [4.78, 5) is 11.6. The van der Waals surface area contributed by atoms with Gasteiger partial charge in [0, 0.05) is 11.1 Å². The third kappa shape index (κ3) is 6.76. The van der Waals surface area contributed by atoms with E-state index in [0.717, 1.165) is 18.4 Å². The predicted molar refractivity (Wildman–Crippen MR) is 84.8 cm³/mol. The van der Waals surface area contributed by atoms with Crippen molar-refractivity contribution in [2.75, 3.05) is 6.61 Å². The van der Waals surface area contributed by atoms with E-state index in [0.29, 0.717) is 17.5 Å². The molecule has 0 bridgehead atoms. The van der Waals surface area contributed by atoms with Crippen molar-refractivity contribution in [2.45, 2.75) is 39.5 Å². The Morgan fingerprint density at radius 3 is 2.60 bits per heavy atom. The molecular formula is C17H23ClO2. The van der Waals surface area contributed by atoms with Gasteiger partial charge in [-0.15, -0.1) is 0 Å². The van der Waals surface area contributed by atoms with E-state index in [1.807, 2.05) is 12.1 Å². The first-order valence-corrected chi connectivity index (χ1v) is 7.63. The Morgan fingerprint density at radius 1 is 1.30 bits per heavy atom. The first kappa shape index (κ1) is 16.8. The highest BCUT2D eigenvalue weighted by molar-refractivity contribution is 6.30. The summed E-state index contributed by atoms with van der Waals surface area (Å²) in [6.45, 7) is 4.82. The summed E-state index contributed by atoms with van der Waals surface area (Å²) in [5.41, 5.74) is 0.935. The van der Waals surface area contributed by atoms with Crippen molar-refractivity contribution in [1.82, 2.24) is 0 Å². The maximum absolute atomic E-state index is 11.6. The van der Waals surface area contributed by atoms with Crippen molar-refractivity contribution in [3.63, 3.8) is 0 Å². The standard InChI is InChI=1S/C17H23ClO2/c1-3-5-6-14(4-2)13-20-17(19)12-9-15-7-10-16(18)11-8-15/h7-12,14H,3-6,13H2,1-2H3. The van der Waals surface area contributed by atoms with Crippen molar-refractivity contribution in [2.24, 2.45) is 5.92 Å². The summed E-state index contributed by atoms with van der Waals surface area (Å²) in [6, 6.07) is 7.32. The number of esters is 1. The molecular weight excluding hydrogens is 272 g/mol. The lowest BCUT2D eigenvalue weighted by atomic mass is 10.0. The third-order valence-electron chi connectivity index (χ3n) is 3.29. The fourth-order valence-corrected chi connectivity index (χ4v) is 2.01. The molecule has 0 aromatic heterocycles. The molecule has 20 heavy (non-hydrogen) atoms. The van der Waals surface area contributed by atoms with E-state index >= 15 is 0 Å². The third-order valence-corrected chi connectivity index (χ3v) is 3.54. The molecule has 0 heterocycles. The second-order valence-corrected chi connectivity index (χ2v) is 5.37. The van der Waals surface area contributed by atoms with E-state index in [4.69, 9.17) is 16.3 Å². The number of hydrogen-bond donors (Lipinski definition) is 0. The molecule has 0 saturated heterocycles. The molecule has 0 saturated carbocycles. The minimum absolute atomic E-state index is 0.283. The molecule has 1 aromatic rings. The van der Waals surface area contributed by atoms with Crippen LogP contribution >= 0.6 is 11.6 Å². The van der Waals surface area contributed by atoms with Gasteiger partial charge in [0.15, 0.2) is 0 Å². The van der Waals surface area contributed by atoms with E-state index < -0.39 is 0 Å². The van der Waals surface area contributed by atoms with Crippen LogP contribution in [-0.2, 0) is 9.53 Å². The molecule has 0 spiro atoms. The molecule has 110 valence electrons. The molecule has 3 heteroatoms. The molecule has 0 amide bonds. The molecule has 1 atom stereocenters. The predicted octanol–water partition coefficient (Wildman–Crippen LogP) is 5.11. The fraction of sp³-hybridized carbons (Fsp3) is 0.471. The lowest BCUT2D eigenvalue weighted by Crippen LogP contribution is -2.12. The zero-order chi connectivity index (χ0) is 14.8. The van der Waals surface area contributed by atoms with Gasteiger partial charge in [-0.2, -0.15) is 0 Å². The van der Waals surface area contributed by atoms with Gasteiger partial charge in [-0.1, -0.05) is 56.8 Å². The second-order valence-electron chi connectivity index (χ2n) is 4.93. The van der Waals surface area contributed by atoms with Crippen LogP contribution in [0.2, 0.25) is 5.02 Å². The van der Waals surface area contributed by atoms with Crippen LogP contribution in [-0.4, -0.2) is 12.6 Å². The Balaban J connectivity index is 2.37. The summed E-state index contributed by atoms with van der Waals surface area (Å²) in [6.07, 6.45) is 7.76. The van der Waals surface area contributed by atoms with Crippen molar-refractivity contribution < 1.29 is 9.53 Å². The van der Waals surface area contributed by atoms with E-state index in [2.05, 4.69) is 13.8 Å². The van der Waals surface area contributed by atoms with E-state index in [-0.39, 0.29) is 5.97 Å². The highest BCUT2D eigenvalue weighted by Gasteiger charge is 2.08. The Hall–Kier alpha value is -1.28. The van der Waals surface area contributed by atoms with E-state index in [1.54, 1.807) is 18.2 Å². The molecule has 0 fully saturated rings. The summed E-state index contributed by atoms with van der Waals surface area (Å²) in [5.74, 6) is 0.192. The number of halogens is 1. The van der Waals surface area contributed by atoms with Crippen LogP contribution in [0.5, 0.6) is 0 Å². The molecule has 0 radical (unpaired) electrons. The summed E-state index contributed by atoms with van der Waals surface area (Å²) >= 11 is 5.80. The Kier molecular flexibility index (Phi) is 8.05. The summed E-state index contributed by atoms with van der Waals surface area (Å²) in [7, 11) is 0. The number of rotatable bonds is 8. The maximum Gasteiger partial charge on any atom is 0.330 e. The van der Waals surface area contributed by atoms with Crippen LogP contribution in [0.25, 0.3) is 6.08 Å². The van der Waals surface area contributed by atoms with Gasteiger partial charge < -0.3 is 4.74 Å². The maximum atomic E-state index is 11.6. The number of carbonyl (C=O) groups excluding carboxylic acids is 1. The first-order valence-electron chi connectivity index (χ1n) is 7.26. The van der Waals surface area contributed by atoms with Gasteiger partial charge in [0.05, 0.1) is 6.61 Å². The molecule has 1 aromatic carbocycles. The minimum atomic E-state index is -0.283. The van der Waals surface area contributed by atoms with Crippen molar-refractivity contribution in [3.8, 4) is 0 Å². The number of unbranched alkanes of at least 4 members (excludes halogenated alkanes) is 1. The van der Waals surface area contributed by atoms with Crippen LogP contribution in [0.1, 0.15) is 45.1 Å². The first-order chi connectivity index (χ1) is 9.65. The van der Waals surface area contributed by atoms with E-state index in [1.165, 1.54) is 18.9 Å². The van der Waals surface area contributed by atoms with Crippen LogP contribution in [0, 0.1) is 5.92 Å². The SMILES string of the molecule is CCCCC(CC)COC(=O)C=Cc1ccc(Cl)cc1. The average molecular weight is 295 g/mol. The Morgan fingerprint density at radius 2 is 2.00 bits per heavy atom. The number of carbonyl (C=O) groups is 1. The average Bonchev–Trinajstić information content (AvgIpc) is 2.47. The summed E-state index contributed by atoms with van der Waals surface area (Å²) < 4.78 is 5.29. The molecule has 0 aliphatic heterocycles. The van der Waals surface area contributed by atoms with Crippen LogP contribution in [0.15, 0.2) is 30.3 Å². The van der Waals surface area contributed by atoms with Crippen LogP contribution in [0.3, 0.4) is 0 Å². The normalized spacial score (nSPS) is 12.6. The highest BCUT2D eigenvalue weighted by atomic mass is 35.5. The van der Waals surface area contributed by atoms with Gasteiger partial charge in [-0.05, 0) is 36.1 Å². The van der Waals surface area contributed by atoms with Crippen LogP contribution in [0.4, 0.5) is 0 Å². The molecule has 0 aliphatic carbocycles. The fourth-order valence-electron chi connectivity index (χ4n) is 1.88. The largest absolute Gasteiger partial charge is 0.462 e. The zero-order valence-electron chi connectivity index (χ0n) is 12.3. The van der Waals surface area contributed by atoms with Gasteiger partial charge in [-0.3, -0.25) is 0 Å². The lowest BCUT2D eigenvalue weighted by Gasteiger charge is -2.13. The molecule has 1 rings (SSSR count). The van der Waals surface area contributed by atoms with Gasteiger partial charge in [0.1, 0.15) is 0 Å². The van der Waals surface area contributed by atoms with Gasteiger partial charge >= 0.3 is 5.97 Å².